The normalized spacial score (nSPS) is 9.11. The van der Waals surface area contributed by atoms with Gasteiger partial charge in [0.05, 0.1) is 18.6 Å². The second-order valence-corrected chi connectivity index (χ2v) is 2.33. The molecule has 0 saturated carbocycles. The van der Waals surface area contributed by atoms with E-state index in [9.17, 15) is 4.79 Å². The van der Waals surface area contributed by atoms with Crippen LogP contribution in [0.15, 0.2) is 12.2 Å². The van der Waals surface area contributed by atoms with Crippen LogP contribution in [0.4, 0.5) is 0 Å². The Balaban J connectivity index is 3.39. The van der Waals surface area contributed by atoms with Gasteiger partial charge in [0.1, 0.15) is 0 Å². The largest absolute Gasteiger partial charge is 0.308 e. The van der Waals surface area contributed by atoms with Crippen LogP contribution in [-0.2, 0) is 8.98 Å². The summed E-state index contributed by atoms with van der Waals surface area (Å²) in [5.74, 6) is 0. The highest BCUT2D eigenvalue weighted by Gasteiger charge is 2.01. The molecule has 0 aliphatic rings. The van der Waals surface area contributed by atoms with E-state index in [0.29, 0.717) is 12.2 Å². The molecular formula is C6H10O2S. The van der Waals surface area contributed by atoms with Crippen LogP contribution >= 0.6 is 12.0 Å². The average Bonchev–Trinajstić information content (AvgIpc) is 1.82. The topological polar surface area (TPSA) is 26.3 Å². The van der Waals surface area contributed by atoms with Crippen molar-refractivity contribution in [2.45, 2.75) is 13.8 Å². The quantitative estimate of drug-likeness (QED) is 0.448. The van der Waals surface area contributed by atoms with Crippen LogP contribution in [0.3, 0.4) is 0 Å². The average molecular weight is 146 g/mol. The first-order valence-corrected chi connectivity index (χ1v) is 3.42. The van der Waals surface area contributed by atoms with Gasteiger partial charge in [-0.25, -0.2) is 0 Å². The van der Waals surface area contributed by atoms with Gasteiger partial charge in [-0.2, -0.15) is 0 Å². The third kappa shape index (κ3) is 4.24. The summed E-state index contributed by atoms with van der Waals surface area (Å²) < 4.78 is 4.76. The molecule has 0 heterocycles. The maximum atomic E-state index is 10.6. The van der Waals surface area contributed by atoms with Crippen molar-refractivity contribution in [3.05, 3.63) is 12.2 Å². The summed E-state index contributed by atoms with van der Waals surface area (Å²) in [6, 6.07) is 0. The van der Waals surface area contributed by atoms with Crippen molar-refractivity contribution in [3.63, 3.8) is 0 Å². The molecule has 0 saturated heterocycles. The van der Waals surface area contributed by atoms with Gasteiger partial charge in [-0.1, -0.05) is 6.58 Å². The molecule has 0 aromatic heterocycles. The maximum absolute atomic E-state index is 10.6. The monoisotopic (exact) mass is 146 g/mol. The summed E-state index contributed by atoms with van der Waals surface area (Å²) in [4.78, 5) is 10.6. The van der Waals surface area contributed by atoms with E-state index in [0.717, 1.165) is 12.0 Å². The van der Waals surface area contributed by atoms with Gasteiger partial charge >= 0.3 is 0 Å². The molecule has 0 aromatic carbocycles. The fourth-order valence-corrected chi connectivity index (χ4v) is 0.551. The van der Waals surface area contributed by atoms with Crippen molar-refractivity contribution in [3.8, 4) is 0 Å². The number of carbonyl (C=O) groups excluding carboxylic acids is 1. The van der Waals surface area contributed by atoms with Crippen LogP contribution in [-0.4, -0.2) is 11.7 Å². The van der Waals surface area contributed by atoms with Gasteiger partial charge in [-0.15, -0.1) is 0 Å². The Bertz CT molecular complexity index is 120. The van der Waals surface area contributed by atoms with Crippen LogP contribution in [0, 0.1) is 0 Å². The van der Waals surface area contributed by atoms with E-state index < -0.39 is 0 Å². The van der Waals surface area contributed by atoms with Crippen LogP contribution in [0.1, 0.15) is 13.8 Å². The number of carbonyl (C=O) groups is 1. The van der Waals surface area contributed by atoms with Crippen molar-refractivity contribution < 1.29 is 8.98 Å². The highest BCUT2D eigenvalue weighted by molar-refractivity contribution is 8.10. The minimum Gasteiger partial charge on any atom is -0.308 e. The van der Waals surface area contributed by atoms with E-state index in [1.165, 1.54) is 0 Å². The molecule has 3 heteroatoms. The molecule has 2 nitrogen and oxygen atoms in total. The minimum absolute atomic E-state index is 0.100. The molecule has 0 spiro atoms. The van der Waals surface area contributed by atoms with Crippen LogP contribution < -0.4 is 0 Å². The van der Waals surface area contributed by atoms with E-state index in [-0.39, 0.29) is 5.12 Å². The van der Waals surface area contributed by atoms with Crippen LogP contribution in [0.5, 0.6) is 0 Å². The molecule has 0 atom stereocenters. The van der Waals surface area contributed by atoms with Gasteiger partial charge in [0.25, 0.3) is 0 Å². The predicted octanol–water partition coefficient (Wildman–Crippen LogP) is 1.77. The molecule has 0 aliphatic carbocycles. The lowest BCUT2D eigenvalue weighted by Crippen LogP contribution is -1.92. The predicted molar refractivity (Wildman–Crippen MR) is 39.0 cm³/mol. The molecule has 0 N–H and O–H groups in total. The summed E-state index contributed by atoms with van der Waals surface area (Å²) >= 11 is 0.846. The van der Waals surface area contributed by atoms with E-state index in [1.807, 2.05) is 6.92 Å². The van der Waals surface area contributed by atoms with Crippen molar-refractivity contribution in [2.75, 3.05) is 6.61 Å². The molecule has 0 fully saturated rings. The van der Waals surface area contributed by atoms with Crippen molar-refractivity contribution in [1.82, 2.24) is 0 Å². The Labute approximate surface area is 59.5 Å². The van der Waals surface area contributed by atoms with Gasteiger partial charge in [0, 0.05) is 0 Å². The highest BCUT2D eigenvalue weighted by Crippen LogP contribution is 2.08. The summed E-state index contributed by atoms with van der Waals surface area (Å²) in [5.41, 5.74) is 0.522. The number of hydrogen-bond acceptors (Lipinski definition) is 3. The molecular weight excluding hydrogens is 136 g/mol. The highest BCUT2D eigenvalue weighted by atomic mass is 32.2. The number of rotatable bonds is 3. The Morgan fingerprint density at radius 2 is 2.33 bits per heavy atom. The number of hydrogen-bond donors (Lipinski definition) is 0. The molecule has 0 radical (unpaired) electrons. The maximum Gasteiger partial charge on any atom is 0.241 e. The van der Waals surface area contributed by atoms with Gasteiger partial charge in [0.15, 0.2) is 0 Å². The minimum atomic E-state index is -0.100. The lowest BCUT2D eigenvalue weighted by molar-refractivity contribution is -0.108. The fourth-order valence-electron chi connectivity index (χ4n) is 0.184. The molecule has 9 heavy (non-hydrogen) atoms. The lowest BCUT2D eigenvalue weighted by atomic mass is 10.4. The summed E-state index contributed by atoms with van der Waals surface area (Å²) in [6.45, 7) is 7.50. The van der Waals surface area contributed by atoms with Gasteiger partial charge < -0.3 is 4.18 Å². The zero-order valence-electron chi connectivity index (χ0n) is 5.64. The second kappa shape index (κ2) is 4.58. The SMILES string of the molecule is C=C(C)C(=O)SOCC. The first-order valence-electron chi connectivity index (χ1n) is 2.67. The van der Waals surface area contributed by atoms with Crippen molar-refractivity contribution >= 4 is 17.2 Å². The third-order valence-electron chi connectivity index (χ3n) is 0.601. The van der Waals surface area contributed by atoms with Gasteiger partial charge in [-0.3, -0.25) is 4.79 Å². The van der Waals surface area contributed by atoms with Crippen LogP contribution in [0.2, 0.25) is 0 Å². The smallest absolute Gasteiger partial charge is 0.241 e. The molecule has 0 unspecified atom stereocenters. The van der Waals surface area contributed by atoms with E-state index in [1.54, 1.807) is 6.92 Å². The molecule has 0 aliphatic heterocycles. The van der Waals surface area contributed by atoms with Crippen molar-refractivity contribution in [1.29, 1.82) is 0 Å². The third-order valence-corrected chi connectivity index (χ3v) is 1.45. The summed E-state index contributed by atoms with van der Waals surface area (Å²) in [5, 5.41) is -0.100. The molecule has 0 bridgehead atoms. The first kappa shape index (κ1) is 8.72. The molecule has 52 valence electrons. The molecule has 0 amide bonds. The zero-order chi connectivity index (χ0) is 7.28. The van der Waals surface area contributed by atoms with E-state index in [4.69, 9.17) is 4.18 Å². The van der Waals surface area contributed by atoms with Crippen LogP contribution in [0.25, 0.3) is 0 Å². The van der Waals surface area contributed by atoms with Crippen molar-refractivity contribution in [2.24, 2.45) is 0 Å². The Hall–Kier alpha value is -0.280. The lowest BCUT2D eigenvalue weighted by Gasteiger charge is -1.95. The fraction of sp³-hybridized carbons (Fsp3) is 0.500. The van der Waals surface area contributed by atoms with E-state index in [2.05, 4.69) is 6.58 Å². The molecule has 0 aromatic rings. The van der Waals surface area contributed by atoms with Gasteiger partial charge in [0.2, 0.25) is 5.12 Å². The Kier molecular flexibility index (Phi) is 4.44. The summed E-state index contributed by atoms with van der Waals surface area (Å²) in [7, 11) is 0. The summed E-state index contributed by atoms with van der Waals surface area (Å²) in [6.07, 6.45) is 0. The Morgan fingerprint density at radius 3 is 2.67 bits per heavy atom. The Morgan fingerprint density at radius 1 is 1.78 bits per heavy atom. The zero-order valence-corrected chi connectivity index (χ0v) is 6.46. The second-order valence-electron chi connectivity index (χ2n) is 1.56. The van der Waals surface area contributed by atoms with Gasteiger partial charge in [-0.05, 0) is 19.4 Å². The standard InChI is InChI=1S/C6H10O2S/c1-4-8-9-6(7)5(2)3/h2,4H2,1,3H3. The molecule has 0 rings (SSSR count). The first-order chi connectivity index (χ1) is 4.18. The van der Waals surface area contributed by atoms with E-state index >= 15 is 0 Å².